The number of thiazole rings is 1. The fourth-order valence-corrected chi connectivity index (χ4v) is 4.18. The van der Waals surface area contributed by atoms with Gasteiger partial charge in [-0.2, -0.15) is 0 Å². The fraction of sp³-hybridized carbons (Fsp3) is 0.368. The highest BCUT2D eigenvalue weighted by Crippen LogP contribution is 2.27. The van der Waals surface area contributed by atoms with Gasteiger partial charge in [0.05, 0.1) is 5.69 Å². The topological polar surface area (TPSA) is 81.4 Å². The van der Waals surface area contributed by atoms with E-state index in [0.717, 1.165) is 22.6 Å². The van der Waals surface area contributed by atoms with Crippen molar-refractivity contribution in [3.8, 4) is 5.75 Å². The molecule has 148 valence electrons. The molecule has 0 spiro atoms. The molecule has 0 aliphatic rings. The van der Waals surface area contributed by atoms with Crippen LogP contribution in [0, 0.1) is 13.8 Å². The zero-order valence-corrected chi connectivity index (χ0v) is 17.9. The van der Waals surface area contributed by atoms with Crippen LogP contribution in [0.3, 0.4) is 0 Å². The van der Waals surface area contributed by atoms with E-state index in [9.17, 15) is 4.79 Å². The lowest BCUT2D eigenvalue weighted by molar-refractivity contribution is -0.116. The molecule has 28 heavy (non-hydrogen) atoms. The Balaban J connectivity index is 1.54. The first-order chi connectivity index (χ1) is 13.5. The molecule has 3 aromatic rings. The Kier molecular flexibility index (Phi) is 6.69. The van der Waals surface area contributed by atoms with Crippen molar-refractivity contribution in [2.45, 2.75) is 45.3 Å². The van der Waals surface area contributed by atoms with E-state index < -0.39 is 0 Å². The van der Waals surface area contributed by atoms with Gasteiger partial charge in [-0.05, 0) is 38.0 Å². The number of thioether (sulfide) groups is 1. The van der Waals surface area contributed by atoms with Crippen molar-refractivity contribution in [1.29, 1.82) is 0 Å². The van der Waals surface area contributed by atoms with Crippen molar-refractivity contribution in [2.24, 2.45) is 0 Å². The second-order valence-corrected chi connectivity index (χ2v) is 7.96. The smallest absolute Gasteiger partial charge is 0.277 e. The van der Waals surface area contributed by atoms with E-state index in [1.165, 1.54) is 23.1 Å². The van der Waals surface area contributed by atoms with Gasteiger partial charge in [0.15, 0.2) is 11.7 Å². The van der Waals surface area contributed by atoms with Crippen LogP contribution in [0.15, 0.2) is 33.2 Å². The van der Waals surface area contributed by atoms with Gasteiger partial charge in [0.1, 0.15) is 5.75 Å². The van der Waals surface area contributed by atoms with E-state index in [0.29, 0.717) is 28.5 Å². The zero-order valence-electron chi connectivity index (χ0n) is 16.3. The predicted molar refractivity (Wildman–Crippen MR) is 110 cm³/mol. The van der Waals surface area contributed by atoms with Crippen LogP contribution in [0.5, 0.6) is 5.75 Å². The lowest BCUT2D eigenvalue weighted by atomic mass is 10.1. The third-order valence-electron chi connectivity index (χ3n) is 3.95. The first-order valence-corrected chi connectivity index (χ1v) is 10.7. The summed E-state index contributed by atoms with van der Waals surface area (Å²) in [5.41, 5.74) is 3.07. The van der Waals surface area contributed by atoms with Gasteiger partial charge in [-0.25, -0.2) is 4.98 Å². The summed E-state index contributed by atoms with van der Waals surface area (Å²) >= 11 is 2.86. The summed E-state index contributed by atoms with van der Waals surface area (Å²) in [6, 6.07) is 6.05. The minimum Gasteiger partial charge on any atom is -0.484 e. The van der Waals surface area contributed by atoms with Crippen LogP contribution in [0.25, 0.3) is 0 Å². The molecule has 0 atom stereocenters. The van der Waals surface area contributed by atoms with Crippen LogP contribution < -0.4 is 9.64 Å². The second-order valence-electron chi connectivity index (χ2n) is 6.19. The highest BCUT2D eigenvalue weighted by molar-refractivity contribution is 7.98. The van der Waals surface area contributed by atoms with Crippen molar-refractivity contribution in [2.75, 3.05) is 11.4 Å². The van der Waals surface area contributed by atoms with Crippen LogP contribution in [-0.2, 0) is 17.2 Å². The van der Waals surface area contributed by atoms with E-state index in [-0.39, 0.29) is 12.5 Å². The van der Waals surface area contributed by atoms with E-state index in [4.69, 9.17) is 9.15 Å². The summed E-state index contributed by atoms with van der Waals surface area (Å²) in [5.74, 6) is 1.82. The summed E-state index contributed by atoms with van der Waals surface area (Å²) in [4.78, 5) is 17.8. The standard InChI is InChI=1S/C19H22N4O3S2/c1-5-23(14(4)24)18-20-15(10-27-18)11-28-19-22-21-17(26-19)9-25-16-8-12(2)6-7-13(16)3/h6-8,10H,5,9,11H2,1-4H3. The normalized spacial score (nSPS) is 10.9. The maximum absolute atomic E-state index is 11.6. The average Bonchev–Trinajstić information content (AvgIpc) is 3.30. The van der Waals surface area contributed by atoms with Gasteiger partial charge in [-0.3, -0.25) is 9.69 Å². The minimum absolute atomic E-state index is 0.0126. The lowest BCUT2D eigenvalue weighted by Crippen LogP contribution is -2.27. The zero-order chi connectivity index (χ0) is 20.1. The molecule has 2 aromatic heterocycles. The van der Waals surface area contributed by atoms with Gasteiger partial charge in [-0.1, -0.05) is 23.9 Å². The Labute approximate surface area is 172 Å². The number of rotatable bonds is 8. The van der Waals surface area contributed by atoms with Gasteiger partial charge >= 0.3 is 0 Å². The van der Waals surface area contributed by atoms with Crippen molar-refractivity contribution in [3.63, 3.8) is 0 Å². The Morgan fingerprint density at radius 2 is 2.14 bits per heavy atom. The van der Waals surface area contributed by atoms with Crippen LogP contribution >= 0.6 is 23.1 Å². The van der Waals surface area contributed by atoms with E-state index >= 15 is 0 Å². The van der Waals surface area contributed by atoms with Crippen molar-refractivity contribution in [1.82, 2.24) is 15.2 Å². The molecule has 0 bridgehead atoms. The lowest BCUT2D eigenvalue weighted by Gasteiger charge is -2.14. The van der Waals surface area contributed by atoms with Crippen molar-refractivity contribution < 1.29 is 13.9 Å². The Morgan fingerprint density at radius 1 is 1.32 bits per heavy atom. The molecule has 7 nitrogen and oxygen atoms in total. The molecule has 1 aromatic carbocycles. The number of aryl methyl sites for hydroxylation is 2. The number of ether oxygens (including phenoxy) is 1. The van der Waals surface area contributed by atoms with Gasteiger partial charge in [-0.15, -0.1) is 21.5 Å². The van der Waals surface area contributed by atoms with E-state index in [2.05, 4.69) is 15.2 Å². The number of amides is 1. The number of aromatic nitrogens is 3. The molecule has 1 amide bonds. The maximum atomic E-state index is 11.6. The summed E-state index contributed by atoms with van der Waals surface area (Å²) in [5, 5.41) is 11.2. The quantitative estimate of drug-likeness (QED) is 0.502. The molecule has 0 unspecified atom stereocenters. The first-order valence-electron chi connectivity index (χ1n) is 8.84. The minimum atomic E-state index is -0.0126. The molecular formula is C19H22N4O3S2. The van der Waals surface area contributed by atoms with Gasteiger partial charge in [0.25, 0.3) is 11.1 Å². The third kappa shape index (κ3) is 5.11. The Hall–Kier alpha value is -2.39. The predicted octanol–water partition coefficient (Wildman–Crippen LogP) is 4.39. The number of nitrogens with zero attached hydrogens (tertiary/aromatic N) is 4. The van der Waals surface area contributed by atoms with Crippen molar-refractivity contribution >= 4 is 34.1 Å². The molecule has 0 saturated carbocycles. The number of hydrogen-bond donors (Lipinski definition) is 0. The SMILES string of the molecule is CCN(C(C)=O)c1nc(CSc2nnc(COc3cc(C)ccc3C)o2)cs1. The largest absolute Gasteiger partial charge is 0.484 e. The number of carbonyl (C=O) groups excluding carboxylic acids is 1. The van der Waals surface area contributed by atoms with E-state index in [1.807, 2.05) is 44.4 Å². The summed E-state index contributed by atoms with van der Waals surface area (Å²) < 4.78 is 11.4. The number of benzene rings is 1. The van der Waals surface area contributed by atoms with Crippen LogP contribution in [0.4, 0.5) is 5.13 Å². The molecule has 0 fully saturated rings. The van der Waals surface area contributed by atoms with Gasteiger partial charge < -0.3 is 9.15 Å². The number of carbonyl (C=O) groups is 1. The molecule has 0 aliphatic heterocycles. The van der Waals surface area contributed by atoms with Crippen molar-refractivity contribution in [3.05, 3.63) is 46.3 Å². The van der Waals surface area contributed by atoms with E-state index in [1.54, 1.807) is 11.8 Å². The molecule has 0 aliphatic carbocycles. The van der Waals surface area contributed by atoms with Crippen LogP contribution in [-0.4, -0.2) is 27.6 Å². The molecule has 0 saturated heterocycles. The Bertz CT molecular complexity index is 954. The molecule has 3 rings (SSSR count). The molecule has 0 N–H and O–H groups in total. The van der Waals surface area contributed by atoms with Gasteiger partial charge in [0, 0.05) is 24.6 Å². The van der Waals surface area contributed by atoms with Gasteiger partial charge in [0.2, 0.25) is 5.91 Å². The monoisotopic (exact) mass is 418 g/mol. The molecule has 0 radical (unpaired) electrons. The van der Waals surface area contributed by atoms with Crippen LogP contribution in [0.1, 0.15) is 36.6 Å². The molecule has 2 heterocycles. The Morgan fingerprint density at radius 3 is 2.89 bits per heavy atom. The van der Waals surface area contributed by atoms with Crippen LogP contribution in [0.2, 0.25) is 0 Å². The highest BCUT2D eigenvalue weighted by atomic mass is 32.2. The average molecular weight is 419 g/mol. The highest BCUT2D eigenvalue weighted by Gasteiger charge is 2.14. The number of hydrogen-bond acceptors (Lipinski definition) is 8. The molecule has 9 heteroatoms. The maximum Gasteiger partial charge on any atom is 0.277 e. The third-order valence-corrected chi connectivity index (χ3v) is 5.72. The summed E-state index contributed by atoms with van der Waals surface area (Å²) in [6.07, 6.45) is 0. The molecular weight excluding hydrogens is 396 g/mol. The number of anilines is 1. The summed E-state index contributed by atoms with van der Waals surface area (Å²) in [7, 11) is 0. The summed E-state index contributed by atoms with van der Waals surface area (Å²) in [6.45, 7) is 8.31. The first kappa shape index (κ1) is 20.3. The fourth-order valence-electron chi connectivity index (χ4n) is 2.47. The second kappa shape index (κ2) is 9.20.